The number of rotatable bonds is 1. The van der Waals surface area contributed by atoms with E-state index in [0.29, 0.717) is 6.04 Å². The molecule has 1 aliphatic rings. The van der Waals surface area contributed by atoms with E-state index < -0.39 is 0 Å². The third-order valence-corrected chi connectivity index (χ3v) is 2.71. The van der Waals surface area contributed by atoms with Crippen molar-refractivity contribution in [2.45, 2.75) is 39.2 Å². The van der Waals surface area contributed by atoms with E-state index in [0.717, 1.165) is 11.8 Å². The van der Waals surface area contributed by atoms with Crippen molar-refractivity contribution in [2.75, 3.05) is 0 Å². The average molecular weight is 127 g/mol. The summed E-state index contributed by atoms with van der Waals surface area (Å²) >= 11 is 0. The zero-order chi connectivity index (χ0) is 6.85. The number of hydrogen-bond donors (Lipinski definition) is 1. The molecule has 0 aliphatic heterocycles. The summed E-state index contributed by atoms with van der Waals surface area (Å²) in [7, 11) is 0. The predicted molar refractivity (Wildman–Crippen MR) is 40.2 cm³/mol. The van der Waals surface area contributed by atoms with Crippen LogP contribution in [-0.4, -0.2) is 6.04 Å². The van der Waals surface area contributed by atoms with Crippen molar-refractivity contribution < 1.29 is 0 Å². The highest BCUT2D eigenvalue weighted by Gasteiger charge is 2.28. The molecular formula is C8H17N. The maximum Gasteiger partial charge on any atom is 0.00697 e. The zero-order valence-corrected chi connectivity index (χ0v) is 6.43. The Morgan fingerprint density at radius 1 is 1.44 bits per heavy atom. The molecule has 0 radical (unpaired) electrons. The fourth-order valence-electron chi connectivity index (χ4n) is 2.01. The van der Waals surface area contributed by atoms with Gasteiger partial charge in [-0.1, -0.05) is 20.3 Å². The quantitative estimate of drug-likeness (QED) is 0.570. The summed E-state index contributed by atoms with van der Waals surface area (Å²) in [5.41, 5.74) is 5.88. The lowest BCUT2D eigenvalue weighted by Gasteiger charge is -2.16. The van der Waals surface area contributed by atoms with Crippen LogP contribution in [0.3, 0.4) is 0 Å². The standard InChI is InChI=1S/C8H17N/c1-3-7-6(2)4-5-8(7)9/h6-8H,3-5,9H2,1-2H3/t6?,7?,8-/m0/s1. The van der Waals surface area contributed by atoms with E-state index in [4.69, 9.17) is 5.73 Å². The van der Waals surface area contributed by atoms with Crippen LogP contribution >= 0.6 is 0 Å². The first-order valence-electron chi connectivity index (χ1n) is 4.01. The first-order valence-corrected chi connectivity index (χ1v) is 4.01. The predicted octanol–water partition coefficient (Wildman–Crippen LogP) is 1.77. The molecule has 2 N–H and O–H groups in total. The third kappa shape index (κ3) is 1.26. The highest BCUT2D eigenvalue weighted by atomic mass is 14.7. The van der Waals surface area contributed by atoms with E-state index in [1.54, 1.807) is 0 Å². The van der Waals surface area contributed by atoms with Crippen molar-refractivity contribution in [2.24, 2.45) is 17.6 Å². The smallest absolute Gasteiger partial charge is 0.00697 e. The van der Waals surface area contributed by atoms with Crippen molar-refractivity contribution in [3.8, 4) is 0 Å². The number of nitrogens with two attached hydrogens (primary N) is 1. The summed E-state index contributed by atoms with van der Waals surface area (Å²) in [6.45, 7) is 4.56. The van der Waals surface area contributed by atoms with Crippen molar-refractivity contribution in [3.63, 3.8) is 0 Å². The zero-order valence-electron chi connectivity index (χ0n) is 6.43. The van der Waals surface area contributed by atoms with Crippen LogP contribution in [0.1, 0.15) is 33.1 Å². The Bertz CT molecular complexity index is 80.6. The molecule has 0 spiro atoms. The Kier molecular flexibility index (Phi) is 2.12. The van der Waals surface area contributed by atoms with Crippen LogP contribution in [0, 0.1) is 11.8 Å². The Labute approximate surface area is 57.6 Å². The molecule has 1 nitrogen and oxygen atoms in total. The largest absolute Gasteiger partial charge is 0.327 e. The van der Waals surface area contributed by atoms with Gasteiger partial charge in [0.25, 0.3) is 0 Å². The van der Waals surface area contributed by atoms with Gasteiger partial charge in [0.2, 0.25) is 0 Å². The second-order valence-corrected chi connectivity index (χ2v) is 3.29. The summed E-state index contributed by atoms with van der Waals surface area (Å²) in [5, 5.41) is 0. The molecule has 1 fully saturated rings. The van der Waals surface area contributed by atoms with Gasteiger partial charge in [-0.2, -0.15) is 0 Å². The number of hydrogen-bond acceptors (Lipinski definition) is 1. The lowest BCUT2D eigenvalue weighted by molar-refractivity contribution is 0.375. The molecule has 1 rings (SSSR count). The van der Waals surface area contributed by atoms with Gasteiger partial charge in [0, 0.05) is 6.04 Å². The van der Waals surface area contributed by atoms with E-state index >= 15 is 0 Å². The van der Waals surface area contributed by atoms with Crippen molar-refractivity contribution in [1.82, 2.24) is 0 Å². The van der Waals surface area contributed by atoms with Crippen molar-refractivity contribution in [1.29, 1.82) is 0 Å². The summed E-state index contributed by atoms with van der Waals surface area (Å²) in [6, 6.07) is 0.505. The maximum atomic E-state index is 5.88. The molecule has 1 aliphatic carbocycles. The Hall–Kier alpha value is -0.0400. The van der Waals surface area contributed by atoms with Crippen LogP contribution in [0.5, 0.6) is 0 Å². The molecule has 2 unspecified atom stereocenters. The van der Waals surface area contributed by atoms with E-state index in [1.807, 2.05) is 0 Å². The van der Waals surface area contributed by atoms with Gasteiger partial charge in [0.05, 0.1) is 0 Å². The fraction of sp³-hybridized carbons (Fsp3) is 1.00. The highest BCUT2D eigenvalue weighted by Crippen LogP contribution is 2.32. The minimum absolute atomic E-state index is 0.505. The van der Waals surface area contributed by atoms with Gasteiger partial charge in [-0.05, 0) is 24.7 Å². The molecule has 3 atom stereocenters. The van der Waals surface area contributed by atoms with Crippen molar-refractivity contribution >= 4 is 0 Å². The molecule has 0 heterocycles. The SMILES string of the molecule is CCC1C(C)CC[C@@H]1N. The van der Waals surface area contributed by atoms with Gasteiger partial charge in [-0.25, -0.2) is 0 Å². The Morgan fingerprint density at radius 3 is 2.33 bits per heavy atom. The molecule has 1 heteroatoms. The van der Waals surface area contributed by atoms with Crippen LogP contribution < -0.4 is 5.73 Å². The normalized spacial score (nSPS) is 43.7. The third-order valence-electron chi connectivity index (χ3n) is 2.71. The van der Waals surface area contributed by atoms with Crippen LogP contribution in [0.25, 0.3) is 0 Å². The monoisotopic (exact) mass is 127 g/mol. The second kappa shape index (κ2) is 2.70. The van der Waals surface area contributed by atoms with Crippen LogP contribution in [0.15, 0.2) is 0 Å². The average Bonchev–Trinajstić information content (AvgIpc) is 2.12. The lowest BCUT2D eigenvalue weighted by Crippen LogP contribution is -2.26. The van der Waals surface area contributed by atoms with Gasteiger partial charge in [0.1, 0.15) is 0 Å². The molecule has 0 aromatic carbocycles. The Morgan fingerprint density at radius 2 is 2.11 bits per heavy atom. The van der Waals surface area contributed by atoms with E-state index in [1.165, 1.54) is 19.3 Å². The van der Waals surface area contributed by atoms with Gasteiger partial charge < -0.3 is 5.73 Å². The molecule has 0 amide bonds. The van der Waals surface area contributed by atoms with Crippen LogP contribution in [-0.2, 0) is 0 Å². The minimum Gasteiger partial charge on any atom is -0.327 e. The molecule has 54 valence electrons. The first kappa shape index (κ1) is 7.07. The van der Waals surface area contributed by atoms with E-state index in [-0.39, 0.29) is 0 Å². The lowest BCUT2D eigenvalue weighted by atomic mass is 9.93. The summed E-state index contributed by atoms with van der Waals surface area (Å²) < 4.78 is 0. The summed E-state index contributed by atoms with van der Waals surface area (Å²) in [6.07, 6.45) is 3.86. The summed E-state index contributed by atoms with van der Waals surface area (Å²) in [5.74, 6) is 1.69. The summed E-state index contributed by atoms with van der Waals surface area (Å²) in [4.78, 5) is 0. The van der Waals surface area contributed by atoms with Gasteiger partial charge >= 0.3 is 0 Å². The molecule has 0 bridgehead atoms. The van der Waals surface area contributed by atoms with E-state index in [2.05, 4.69) is 13.8 Å². The van der Waals surface area contributed by atoms with Crippen molar-refractivity contribution in [3.05, 3.63) is 0 Å². The van der Waals surface area contributed by atoms with Gasteiger partial charge in [0.15, 0.2) is 0 Å². The van der Waals surface area contributed by atoms with Gasteiger partial charge in [-0.3, -0.25) is 0 Å². The molecular weight excluding hydrogens is 110 g/mol. The second-order valence-electron chi connectivity index (χ2n) is 3.29. The molecule has 0 saturated heterocycles. The highest BCUT2D eigenvalue weighted by molar-refractivity contribution is 4.83. The fourth-order valence-corrected chi connectivity index (χ4v) is 2.01. The van der Waals surface area contributed by atoms with Crippen LogP contribution in [0.2, 0.25) is 0 Å². The maximum absolute atomic E-state index is 5.88. The van der Waals surface area contributed by atoms with E-state index in [9.17, 15) is 0 Å². The molecule has 1 saturated carbocycles. The minimum atomic E-state index is 0.505. The molecule has 9 heavy (non-hydrogen) atoms. The molecule has 0 aromatic rings. The van der Waals surface area contributed by atoms with Crippen LogP contribution in [0.4, 0.5) is 0 Å². The Balaban J connectivity index is 2.44. The topological polar surface area (TPSA) is 26.0 Å². The molecule has 0 aromatic heterocycles. The first-order chi connectivity index (χ1) is 4.25. The van der Waals surface area contributed by atoms with Gasteiger partial charge in [-0.15, -0.1) is 0 Å².